The molecule has 1 atom stereocenters. The molecule has 1 amide bonds. The predicted octanol–water partition coefficient (Wildman–Crippen LogP) is 6.00. The maximum Gasteiger partial charge on any atom is 0.244 e. The second kappa shape index (κ2) is 13.8. The zero-order valence-electron chi connectivity index (χ0n) is 20.7. The maximum atomic E-state index is 12.6. The van der Waals surface area contributed by atoms with Gasteiger partial charge in [0.05, 0.1) is 14.2 Å². The van der Waals surface area contributed by atoms with Crippen LogP contribution in [0.2, 0.25) is 0 Å². The number of nitrogens with zero attached hydrogens (tertiary/aromatic N) is 1. The van der Waals surface area contributed by atoms with Crippen molar-refractivity contribution in [1.82, 2.24) is 10.3 Å². The highest BCUT2D eigenvalue weighted by Gasteiger charge is 2.09. The molecule has 3 rings (SSSR count). The summed E-state index contributed by atoms with van der Waals surface area (Å²) in [6, 6.07) is 20.0. The molecule has 3 aromatic rings. The van der Waals surface area contributed by atoms with E-state index in [4.69, 9.17) is 9.47 Å². The van der Waals surface area contributed by atoms with Crippen LogP contribution in [-0.2, 0) is 11.2 Å². The van der Waals surface area contributed by atoms with Crippen LogP contribution in [0.3, 0.4) is 0 Å². The SMILES string of the molecule is CC[C@@H](CCCc1cccnc1)NC(=O)/C=C/C=C(c1ccc(OC)cc1)c1ccc(OC)cc1. The number of amides is 1. The number of pyridine rings is 1. The standard InChI is InChI=1S/C30H34N2O3/c1-4-26(10-5-8-23-9-7-21-31-22-23)32-30(33)12-6-11-29(24-13-17-27(34-2)18-14-24)25-15-19-28(35-3)20-16-25/h6-7,9,11-22,26H,4-5,8,10H2,1-3H3,(H,32,33)/b12-6+/t26-/m0/s1. The maximum absolute atomic E-state index is 12.6. The smallest absolute Gasteiger partial charge is 0.244 e. The highest BCUT2D eigenvalue weighted by atomic mass is 16.5. The summed E-state index contributed by atoms with van der Waals surface area (Å²) in [5.41, 5.74) is 4.29. The summed E-state index contributed by atoms with van der Waals surface area (Å²) in [6.07, 6.45) is 12.9. The molecule has 0 aliphatic heterocycles. The third kappa shape index (κ3) is 8.14. The molecule has 2 aromatic carbocycles. The lowest BCUT2D eigenvalue weighted by Gasteiger charge is -2.15. The van der Waals surface area contributed by atoms with Gasteiger partial charge in [-0.25, -0.2) is 0 Å². The summed E-state index contributed by atoms with van der Waals surface area (Å²) in [4.78, 5) is 16.8. The fourth-order valence-corrected chi connectivity index (χ4v) is 3.86. The van der Waals surface area contributed by atoms with Gasteiger partial charge in [-0.3, -0.25) is 9.78 Å². The van der Waals surface area contributed by atoms with E-state index in [2.05, 4.69) is 23.3 Å². The number of rotatable bonds is 12. The zero-order valence-corrected chi connectivity index (χ0v) is 20.7. The van der Waals surface area contributed by atoms with Crippen molar-refractivity contribution in [2.45, 2.75) is 38.6 Å². The van der Waals surface area contributed by atoms with Gasteiger partial charge in [-0.2, -0.15) is 0 Å². The molecule has 0 unspecified atom stereocenters. The minimum atomic E-state index is -0.0849. The van der Waals surface area contributed by atoms with E-state index in [9.17, 15) is 4.79 Å². The van der Waals surface area contributed by atoms with E-state index in [1.807, 2.05) is 72.9 Å². The molecule has 0 aliphatic carbocycles. The summed E-state index contributed by atoms with van der Waals surface area (Å²) < 4.78 is 10.6. The highest BCUT2D eigenvalue weighted by molar-refractivity contribution is 5.89. The van der Waals surface area contributed by atoms with Crippen LogP contribution >= 0.6 is 0 Å². The van der Waals surface area contributed by atoms with Gasteiger partial charge >= 0.3 is 0 Å². The van der Waals surface area contributed by atoms with Gasteiger partial charge in [-0.15, -0.1) is 0 Å². The van der Waals surface area contributed by atoms with E-state index in [1.165, 1.54) is 5.56 Å². The molecule has 0 aliphatic rings. The number of aromatic nitrogens is 1. The van der Waals surface area contributed by atoms with Crippen molar-refractivity contribution in [3.63, 3.8) is 0 Å². The van der Waals surface area contributed by atoms with Gasteiger partial charge in [-0.1, -0.05) is 49.4 Å². The van der Waals surface area contributed by atoms with E-state index in [0.717, 1.165) is 53.9 Å². The first-order valence-corrected chi connectivity index (χ1v) is 12.0. The summed E-state index contributed by atoms with van der Waals surface area (Å²) in [5.74, 6) is 1.51. The number of ether oxygens (including phenoxy) is 2. The average Bonchev–Trinajstić information content (AvgIpc) is 2.91. The number of carbonyl (C=O) groups excluding carboxylic acids is 1. The molecule has 0 spiro atoms. The molecule has 35 heavy (non-hydrogen) atoms. The number of hydrogen-bond donors (Lipinski definition) is 1. The van der Waals surface area contributed by atoms with Crippen LogP contribution < -0.4 is 14.8 Å². The first-order valence-electron chi connectivity index (χ1n) is 12.0. The average molecular weight is 471 g/mol. The number of hydrogen-bond acceptors (Lipinski definition) is 4. The topological polar surface area (TPSA) is 60.5 Å². The lowest BCUT2D eigenvalue weighted by molar-refractivity contribution is -0.117. The molecule has 5 heteroatoms. The van der Waals surface area contributed by atoms with Crippen LogP contribution in [0.15, 0.2) is 91.3 Å². The number of nitrogens with one attached hydrogen (secondary N) is 1. The molecular weight excluding hydrogens is 436 g/mol. The number of aryl methyl sites for hydroxylation is 1. The fraction of sp³-hybridized carbons (Fsp3) is 0.267. The molecule has 0 fully saturated rings. The van der Waals surface area contributed by atoms with Crippen LogP contribution in [0.4, 0.5) is 0 Å². The molecular formula is C30H34N2O3. The minimum Gasteiger partial charge on any atom is -0.497 e. The Bertz CT molecular complexity index is 1060. The van der Waals surface area contributed by atoms with Crippen molar-refractivity contribution < 1.29 is 14.3 Å². The molecule has 1 heterocycles. The van der Waals surface area contributed by atoms with Gasteiger partial charge in [0.25, 0.3) is 0 Å². The van der Waals surface area contributed by atoms with E-state index in [-0.39, 0.29) is 11.9 Å². The van der Waals surface area contributed by atoms with E-state index in [1.54, 1.807) is 26.5 Å². The summed E-state index contributed by atoms with van der Waals surface area (Å²) in [5, 5.41) is 3.13. The molecule has 1 aromatic heterocycles. The third-order valence-corrected chi connectivity index (χ3v) is 5.89. The van der Waals surface area contributed by atoms with Crippen molar-refractivity contribution in [2.75, 3.05) is 14.2 Å². The second-order valence-corrected chi connectivity index (χ2v) is 8.26. The predicted molar refractivity (Wildman–Crippen MR) is 142 cm³/mol. The van der Waals surface area contributed by atoms with Crippen molar-refractivity contribution in [3.8, 4) is 11.5 Å². The third-order valence-electron chi connectivity index (χ3n) is 5.89. The Labute approximate surface area is 208 Å². The number of methoxy groups -OCH3 is 2. The molecule has 0 saturated carbocycles. The van der Waals surface area contributed by atoms with Gasteiger partial charge in [0.15, 0.2) is 0 Å². The van der Waals surface area contributed by atoms with E-state index >= 15 is 0 Å². The lowest BCUT2D eigenvalue weighted by Crippen LogP contribution is -2.33. The van der Waals surface area contributed by atoms with Crippen LogP contribution in [0.1, 0.15) is 42.9 Å². The first-order chi connectivity index (χ1) is 17.1. The van der Waals surface area contributed by atoms with Crippen LogP contribution in [0, 0.1) is 0 Å². The molecule has 0 bridgehead atoms. The Balaban J connectivity index is 1.66. The van der Waals surface area contributed by atoms with Crippen LogP contribution in [0.25, 0.3) is 5.57 Å². The fourth-order valence-electron chi connectivity index (χ4n) is 3.86. The number of allylic oxidation sites excluding steroid dienone is 2. The van der Waals surface area contributed by atoms with Crippen LogP contribution in [0.5, 0.6) is 11.5 Å². The summed E-state index contributed by atoms with van der Waals surface area (Å²) in [7, 11) is 3.30. The van der Waals surface area contributed by atoms with Gasteiger partial charge in [-0.05, 0) is 78.3 Å². The summed E-state index contributed by atoms with van der Waals surface area (Å²) in [6.45, 7) is 2.10. The monoisotopic (exact) mass is 470 g/mol. The Hall–Kier alpha value is -3.86. The minimum absolute atomic E-state index is 0.0849. The Morgan fingerprint density at radius 1 is 0.971 bits per heavy atom. The van der Waals surface area contributed by atoms with Crippen molar-refractivity contribution in [1.29, 1.82) is 0 Å². The van der Waals surface area contributed by atoms with Crippen molar-refractivity contribution in [3.05, 3.63) is 108 Å². The largest absolute Gasteiger partial charge is 0.497 e. The lowest BCUT2D eigenvalue weighted by atomic mass is 9.97. The Kier molecular flexibility index (Phi) is 10.1. The molecule has 182 valence electrons. The van der Waals surface area contributed by atoms with Gasteiger partial charge in [0, 0.05) is 24.5 Å². The first kappa shape index (κ1) is 25.8. The Morgan fingerprint density at radius 2 is 1.60 bits per heavy atom. The van der Waals surface area contributed by atoms with Crippen LogP contribution in [-0.4, -0.2) is 31.2 Å². The second-order valence-electron chi connectivity index (χ2n) is 8.26. The van der Waals surface area contributed by atoms with Gasteiger partial charge < -0.3 is 14.8 Å². The molecule has 0 radical (unpaired) electrons. The van der Waals surface area contributed by atoms with E-state index in [0.29, 0.717) is 0 Å². The molecule has 1 N–H and O–H groups in total. The van der Waals surface area contributed by atoms with E-state index < -0.39 is 0 Å². The zero-order chi connectivity index (χ0) is 24.9. The van der Waals surface area contributed by atoms with Crippen molar-refractivity contribution in [2.24, 2.45) is 0 Å². The molecule has 0 saturated heterocycles. The van der Waals surface area contributed by atoms with Gasteiger partial charge in [0.1, 0.15) is 11.5 Å². The Morgan fingerprint density at radius 3 is 2.11 bits per heavy atom. The highest BCUT2D eigenvalue weighted by Crippen LogP contribution is 2.27. The summed E-state index contributed by atoms with van der Waals surface area (Å²) >= 11 is 0. The molecule has 5 nitrogen and oxygen atoms in total. The number of benzene rings is 2. The quantitative estimate of drug-likeness (QED) is 0.260. The normalized spacial score (nSPS) is 11.6. The van der Waals surface area contributed by atoms with Gasteiger partial charge in [0.2, 0.25) is 5.91 Å². The van der Waals surface area contributed by atoms with Crippen molar-refractivity contribution >= 4 is 11.5 Å². The number of carbonyl (C=O) groups is 1.